The number of pyridine rings is 1. The van der Waals surface area contributed by atoms with Gasteiger partial charge < -0.3 is 11.1 Å². The first-order valence-corrected chi connectivity index (χ1v) is 6.11. The highest BCUT2D eigenvalue weighted by Crippen LogP contribution is 2.13. The number of nitrogens with one attached hydrogen (secondary N) is 1. The van der Waals surface area contributed by atoms with E-state index < -0.39 is 0 Å². The number of benzene rings is 1. The molecule has 0 fully saturated rings. The first-order valence-electron chi connectivity index (χ1n) is 5.71. The Bertz CT molecular complexity index is 640. The molecule has 5 heteroatoms. The highest BCUT2D eigenvalue weighted by Gasteiger charge is 2.10. The summed E-state index contributed by atoms with van der Waals surface area (Å²) in [6.45, 7) is 1.84. The summed E-state index contributed by atoms with van der Waals surface area (Å²) in [7, 11) is 0. The standard InChI is InChI=1S/C14H13N3OS/c1-9-4-3-7-16-12(9)14(18)17-11-6-2-5-10(8-11)13(15)19/h2-8H,1H3,(H2,15,19)(H,17,18). The minimum Gasteiger partial charge on any atom is -0.389 e. The van der Waals surface area contributed by atoms with E-state index in [0.29, 0.717) is 21.9 Å². The number of hydrogen-bond acceptors (Lipinski definition) is 3. The van der Waals surface area contributed by atoms with Crippen molar-refractivity contribution in [2.24, 2.45) is 5.73 Å². The molecular weight excluding hydrogens is 258 g/mol. The summed E-state index contributed by atoms with van der Waals surface area (Å²) in [5.41, 5.74) is 8.14. The maximum Gasteiger partial charge on any atom is 0.274 e. The van der Waals surface area contributed by atoms with Gasteiger partial charge in [0.05, 0.1) is 0 Å². The molecule has 19 heavy (non-hydrogen) atoms. The third kappa shape index (κ3) is 3.14. The SMILES string of the molecule is Cc1cccnc1C(=O)Nc1cccc(C(N)=S)c1. The number of nitrogens with zero attached hydrogens (tertiary/aromatic N) is 1. The van der Waals surface area contributed by atoms with Crippen LogP contribution in [-0.4, -0.2) is 15.9 Å². The molecule has 4 nitrogen and oxygen atoms in total. The number of carbonyl (C=O) groups excluding carboxylic acids is 1. The highest BCUT2D eigenvalue weighted by molar-refractivity contribution is 7.80. The topological polar surface area (TPSA) is 68.0 Å². The van der Waals surface area contributed by atoms with Crippen molar-refractivity contribution in [1.82, 2.24) is 4.98 Å². The molecule has 0 spiro atoms. The number of carbonyl (C=O) groups is 1. The minimum absolute atomic E-state index is 0.252. The summed E-state index contributed by atoms with van der Waals surface area (Å²) in [5.74, 6) is -0.252. The molecule has 96 valence electrons. The Labute approximate surface area is 116 Å². The van der Waals surface area contributed by atoms with Gasteiger partial charge in [0.25, 0.3) is 5.91 Å². The predicted octanol–water partition coefficient (Wildman–Crippen LogP) is 2.28. The zero-order valence-corrected chi connectivity index (χ0v) is 11.2. The number of aromatic nitrogens is 1. The molecule has 0 saturated heterocycles. The lowest BCUT2D eigenvalue weighted by molar-refractivity contribution is 0.102. The summed E-state index contributed by atoms with van der Waals surface area (Å²) in [6.07, 6.45) is 1.59. The number of thiocarbonyl (C=S) groups is 1. The molecule has 0 aliphatic rings. The van der Waals surface area contributed by atoms with Gasteiger partial charge in [0, 0.05) is 17.4 Å². The largest absolute Gasteiger partial charge is 0.389 e. The summed E-state index contributed by atoms with van der Waals surface area (Å²) in [5, 5.41) is 2.78. The van der Waals surface area contributed by atoms with Crippen LogP contribution in [0.25, 0.3) is 0 Å². The van der Waals surface area contributed by atoms with E-state index in [1.807, 2.05) is 13.0 Å². The second kappa shape index (κ2) is 5.58. The van der Waals surface area contributed by atoms with Gasteiger partial charge in [0.15, 0.2) is 0 Å². The monoisotopic (exact) mass is 271 g/mol. The lowest BCUT2D eigenvalue weighted by atomic mass is 10.2. The lowest BCUT2D eigenvalue weighted by Crippen LogP contribution is -2.16. The van der Waals surface area contributed by atoms with Gasteiger partial charge in [0.1, 0.15) is 10.7 Å². The second-order valence-corrected chi connectivity index (χ2v) is 4.51. The van der Waals surface area contributed by atoms with Gasteiger partial charge in [-0.05, 0) is 30.7 Å². The van der Waals surface area contributed by atoms with Crippen molar-refractivity contribution in [3.63, 3.8) is 0 Å². The fourth-order valence-electron chi connectivity index (χ4n) is 1.66. The molecule has 0 bridgehead atoms. The Morgan fingerprint density at radius 1 is 1.32 bits per heavy atom. The quantitative estimate of drug-likeness (QED) is 0.840. The zero-order chi connectivity index (χ0) is 13.8. The average molecular weight is 271 g/mol. The van der Waals surface area contributed by atoms with Crippen LogP contribution in [0.15, 0.2) is 42.6 Å². The van der Waals surface area contributed by atoms with E-state index >= 15 is 0 Å². The number of hydrogen-bond donors (Lipinski definition) is 2. The van der Waals surface area contributed by atoms with Gasteiger partial charge in [-0.1, -0.05) is 30.4 Å². The summed E-state index contributed by atoms with van der Waals surface area (Å²) in [6, 6.07) is 10.7. The van der Waals surface area contributed by atoms with Gasteiger partial charge in [0.2, 0.25) is 0 Å². The molecule has 3 N–H and O–H groups in total. The minimum atomic E-state index is -0.252. The Hall–Kier alpha value is -2.27. The van der Waals surface area contributed by atoms with Crippen LogP contribution in [0.2, 0.25) is 0 Å². The van der Waals surface area contributed by atoms with Crippen LogP contribution in [-0.2, 0) is 0 Å². The Kier molecular flexibility index (Phi) is 3.87. The maximum atomic E-state index is 12.1. The summed E-state index contributed by atoms with van der Waals surface area (Å²) < 4.78 is 0. The molecule has 1 heterocycles. The van der Waals surface area contributed by atoms with Crippen molar-refractivity contribution in [2.75, 3.05) is 5.32 Å². The molecule has 0 aliphatic heterocycles. The van der Waals surface area contributed by atoms with Gasteiger partial charge in [-0.25, -0.2) is 0 Å². The van der Waals surface area contributed by atoms with E-state index in [4.69, 9.17) is 18.0 Å². The van der Waals surface area contributed by atoms with E-state index in [1.165, 1.54) is 0 Å². The molecule has 0 aliphatic carbocycles. The van der Waals surface area contributed by atoms with Gasteiger partial charge in [-0.3, -0.25) is 9.78 Å². The van der Waals surface area contributed by atoms with E-state index in [-0.39, 0.29) is 5.91 Å². The number of anilines is 1. The van der Waals surface area contributed by atoms with Gasteiger partial charge in [-0.2, -0.15) is 0 Å². The van der Waals surface area contributed by atoms with Crippen LogP contribution < -0.4 is 11.1 Å². The Balaban J connectivity index is 2.22. The molecule has 1 amide bonds. The van der Waals surface area contributed by atoms with E-state index in [0.717, 1.165) is 5.56 Å². The van der Waals surface area contributed by atoms with Crippen LogP contribution in [0.4, 0.5) is 5.69 Å². The molecule has 2 rings (SSSR count). The highest BCUT2D eigenvalue weighted by atomic mass is 32.1. The van der Waals surface area contributed by atoms with Crippen molar-refractivity contribution in [3.8, 4) is 0 Å². The first kappa shape index (κ1) is 13.2. The molecule has 1 aromatic heterocycles. The third-order valence-electron chi connectivity index (χ3n) is 2.63. The van der Waals surface area contributed by atoms with Crippen LogP contribution in [0, 0.1) is 6.92 Å². The summed E-state index contributed by atoms with van der Waals surface area (Å²) in [4.78, 5) is 16.4. The van der Waals surface area contributed by atoms with Gasteiger partial charge in [-0.15, -0.1) is 0 Å². The number of amides is 1. The molecule has 0 unspecified atom stereocenters. The third-order valence-corrected chi connectivity index (χ3v) is 2.87. The van der Waals surface area contributed by atoms with E-state index in [2.05, 4.69) is 10.3 Å². The predicted molar refractivity (Wildman–Crippen MR) is 79.3 cm³/mol. The van der Waals surface area contributed by atoms with Crippen LogP contribution >= 0.6 is 12.2 Å². The van der Waals surface area contributed by atoms with E-state index in [9.17, 15) is 4.79 Å². The second-order valence-electron chi connectivity index (χ2n) is 4.07. The summed E-state index contributed by atoms with van der Waals surface area (Å²) >= 11 is 4.90. The fraction of sp³-hybridized carbons (Fsp3) is 0.0714. The molecule has 0 atom stereocenters. The van der Waals surface area contributed by atoms with Gasteiger partial charge >= 0.3 is 0 Å². The van der Waals surface area contributed by atoms with E-state index in [1.54, 1.807) is 36.5 Å². The Morgan fingerprint density at radius 2 is 2.11 bits per heavy atom. The zero-order valence-electron chi connectivity index (χ0n) is 10.4. The van der Waals surface area contributed by atoms with Crippen molar-refractivity contribution in [2.45, 2.75) is 6.92 Å². The van der Waals surface area contributed by atoms with Crippen molar-refractivity contribution in [1.29, 1.82) is 0 Å². The number of nitrogens with two attached hydrogens (primary N) is 1. The fourth-order valence-corrected chi connectivity index (χ4v) is 1.79. The lowest BCUT2D eigenvalue weighted by Gasteiger charge is -2.07. The molecule has 0 saturated carbocycles. The van der Waals surface area contributed by atoms with Crippen LogP contribution in [0.3, 0.4) is 0 Å². The molecule has 1 aromatic carbocycles. The van der Waals surface area contributed by atoms with Crippen LogP contribution in [0.1, 0.15) is 21.6 Å². The molecule has 0 radical (unpaired) electrons. The smallest absolute Gasteiger partial charge is 0.274 e. The van der Waals surface area contributed by atoms with Crippen molar-refractivity contribution < 1.29 is 4.79 Å². The average Bonchev–Trinajstić information content (AvgIpc) is 2.39. The molecule has 2 aromatic rings. The number of rotatable bonds is 3. The van der Waals surface area contributed by atoms with Crippen molar-refractivity contribution >= 4 is 28.8 Å². The van der Waals surface area contributed by atoms with Crippen molar-refractivity contribution in [3.05, 3.63) is 59.4 Å². The maximum absolute atomic E-state index is 12.1. The molecular formula is C14H13N3OS. The normalized spacial score (nSPS) is 9.95. The van der Waals surface area contributed by atoms with Crippen LogP contribution in [0.5, 0.6) is 0 Å². The Morgan fingerprint density at radius 3 is 2.79 bits per heavy atom. The number of aryl methyl sites for hydroxylation is 1. The first-order chi connectivity index (χ1) is 9.08.